The zero-order valence-electron chi connectivity index (χ0n) is 12.6. The molecule has 22 heavy (non-hydrogen) atoms. The first kappa shape index (κ1) is 15.6. The van der Waals surface area contributed by atoms with Crippen LogP contribution in [0.15, 0.2) is 48.5 Å². The Bertz CT molecular complexity index is 649. The molecule has 2 N–H and O–H groups in total. The summed E-state index contributed by atoms with van der Waals surface area (Å²) in [7, 11) is 1.59. The lowest BCUT2D eigenvalue weighted by atomic mass is 10.2. The SMILES string of the molecule is CCC(=O)Nc1ccc(C(=O)Nc2ccc(OC)cc2)cc1. The number of carbonyl (C=O) groups is 2. The van der Waals surface area contributed by atoms with Crippen molar-refractivity contribution >= 4 is 23.2 Å². The van der Waals surface area contributed by atoms with E-state index in [-0.39, 0.29) is 11.8 Å². The molecule has 0 fully saturated rings. The average molecular weight is 298 g/mol. The predicted octanol–water partition coefficient (Wildman–Crippen LogP) is 3.30. The number of hydrogen-bond donors (Lipinski definition) is 2. The minimum absolute atomic E-state index is 0.0598. The summed E-state index contributed by atoms with van der Waals surface area (Å²) in [6.45, 7) is 1.78. The fourth-order valence-corrected chi connectivity index (χ4v) is 1.83. The van der Waals surface area contributed by atoms with Crippen LogP contribution in [0.3, 0.4) is 0 Å². The van der Waals surface area contributed by atoms with E-state index in [9.17, 15) is 9.59 Å². The van der Waals surface area contributed by atoms with Gasteiger partial charge in [0.2, 0.25) is 5.91 Å². The van der Waals surface area contributed by atoms with E-state index in [1.165, 1.54) is 0 Å². The van der Waals surface area contributed by atoms with Crippen LogP contribution in [0.2, 0.25) is 0 Å². The second-order valence-electron chi connectivity index (χ2n) is 4.66. The van der Waals surface area contributed by atoms with E-state index in [4.69, 9.17) is 4.74 Å². The highest BCUT2D eigenvalue weighted by molar-refractivity contribution is 6.04. The zero-order chi connectivity index (χ0) is 15.9. The summed E-state index contributed by atoms with van der Waals surface area (Å²) in [5.41, 5.74) is 1.88. The molecule has 0 spiro atoms. The lowest BCUT2D eigenvalue weighted by Crippen LogP contribution is -2.12. The number of rotatable bonds is 5. The van der Waals surface area contributed by atoms with Gasteiger partial charge in [-0.2, -0.15) is 0 Å². The van der Waals surface area contributed by atoms with Gasteiger partial charge in [0.05, 0.1) is 7.11 Å². The summed E-state index contributed by atoms with van der Waals surface area (Å²) in [4.78, 5) is 23.4. The highest BCUT2D eigenvalue weighted by Gasteiger charge is 2.07. The second kappa shape index (κ2) is 7.26. The fourth-order valence-electron chi connectivity index (χ4n) is 1.83. The van der Waals surface area contributed by atoms with E-state index in [0.717, 1.165) is 5.75 Å². The Labute approximate surface area is 129 Å². The standard InChI is InChI=1S/C17H18N2O3/c1-3-16(20)18-13-6-4-12(5-7-13)17(21)19-14-8-10-15(22-2)11-9-14/h4-11H,3H2,1-2H3,(H,18,20)(H,19,21). The molecule has 0 bridgehead atoms. The molecular formula is C17H18N2O3. The first-order valence-corrected chi connectivity index (χ1v) is 6.97. The molecule has 0 aliphatic heterocycles. The van der Waals surface area contributed by atoms with Crippen LogP contribution in [0, 0.1) is 0 Å². The number of ether oxygens (including phenoxy) is 1. The third kappa shape index (κ3) is 4.09. The second-order valence-corrected chi connectivity index (χ2v) is 4.66. The summed E-state index contributed by atoms with van der Waals surface area (Å²) >= 11 is 0. The Kier molecular flexibility index (Phi) is 5.14. The number of methoxy groups -OCH3 is 1. The van der Waals surface area contributed by atoms with Crippen LogP contribution in [0.25, 0.3) is 0 Å². The molecule has 0 aliphatic rings. The molecule has 0 unspecified atom stereocenters. The largest absolute Gasteiger partial charge is 0.497 e. The summed E-state index contributed by atoms with van der Waals surface area (Å²) in [5.74, 6) is 0.461. The van der Waals surface area contributed by atoms with E-state index in [1.54, 1.807) is 62.6 Å². The number of amides is 2. The number of hydrogen-bond acceptors (Lipinski definition) is 3. The zero-order valence-corrected chi connectivity index (χ0v) is 12.6. The van der Waals surface area contributed by atoms with Crippen molar-refractivity contribution in [3.05, 3.63) is 54.1 Å². The summed E-state index contributed by atoms with van der Waals surface area (Å²) in [6.07, 6.45) is 0.416. The molecule has 2 aromatic carbocycles. The van der Waals surface area contributed by atoms with Crippen molar-refractivity contribution in [1.29, 1.82) is 0 Å². The van der Waals surface area contributed by atoms with Crippen LogP contribution in [-0.4, -0.2) is 18.9 Å². The number of nitrogens with one attached hydrogen (secondary N) is 2. The first-order chi connectivity index (χ1) is 10.6. The van der Waals surface area contributed by atoms with Gasteiger partial charge in [0, 0.05) is 23.4 Å². The molecule has 5 nitrogen and oxygen atoms in total. The highest BCUT2D eigenvalue weighted by atomic mass is 16.5. The quantitative estimate of drug-likeness (QED) is 0.890. The van der Waals surface area contributed by atoms with Crippen LogP contribution in [0.1, 0.15) is 23.7 Å². The number of carbonyl (C=O) groups excluding carboxylic acids is 2. The van der Waals surface area contributed by atoms with E-state index in [1.807, 2.05) is 0 Å². The maximum absolute atomic E-state index is 12.1. The van der Waals surface area contributed by atoms with Gasteiger partial charge in [-0.1, -0.05) is 6.92 Å². The highest BCUT2D eigenvalue weighted by Crippen LogP contribution is 2.16. The molecule has 0 heterocycles. The van der Waals surface area contributed by atoms with E-state index >= 15 is 0 Å². The van der Waals surface area contributed by atoms with Crippen molar-refractivity contribution in [3.8, 4) is 5.75 Å². The lowest BCUT2D eigenvalue weighted by Gasteiger charge is -2.08. The van der Waals surface area contributed by atoms with Crippen molar-refractivity contribution in [1.82, 2.24) is 0 Å². The smallest absolute Gasteiger partial charge is 0.255 e. The maximum Gasteiger partial charge on any atom is 0.255 e. The van der Waals surface area contributed by atoms with Gasteiger partial charge < -0.3 is 15.4 Å². The fraction of sp³-hybridized carbons (Fsp3) is 0.176. The minimum Gasteiger partial charge on any atom is -0.497 e. The molecule has 2 rings (SSSR count). The van der Waals surface area contributed by atoms with Crippen LogP contribution < -0.4 is 15.4 Å². The molecule has 0 saturated carbocycles. The van der Waals surface area contributed by atoms with Gasteiger partial charge in [-0.25, -0.2) is 0 Å². The molecule has 0 radical (unpaired) electrons. The Morgan fingerprint density at radius 2 is 1.45 bits per heavy atom. The Hall–Kier alpha value is -2.82. The van der Waals surface area contributed by atoms with Crippen LogP contribution >= 0.6 is 0 Å². The van der Waals surface area contributed by atoms with Crippen molar-refractivity contribution in [3.63, 3.8) is 0 Å². The predicted molar refractivity (Wildman–Crippen MR) is 86.3 cm³/mol. The van der Waals surface area contributed by atoms with Crippen LogP contribution in [-0.2, 0) is 4.79 Å². The Morgan fingerprint density at radius 3 is 2.00 bits per heavy atom. The van der Waals surface area contributed by atoms with Gasteiger partial charge in [-0.15, -0.1) is 0 Å². The summed E-state index contributed by atoms with van der Waals surface area (Å²) in [5, 5.41) is 5.53. The topological polar surface area (TPSA) is 67.4 Å². The average Bonchev–Trinajstić information content (AvgIpc) is 2.56. The van der Waals surface area contributed by atoms with Crippen LogP contribution in [0.4, 0.5) is 11.4 Å². The minimum atomic E-state index is -0.210. The first-order valence-electron chi connectivity index (χ1n) is 6.97. The molecule has 114 valence electrons. The molecule has 0 saturated heterocycles. The normalized spacial score (nSPS) is 9.91. The number of anilines is 2. The van der Waals surface area contributed by atoms with Crippen molar-refractivity contribution < 1.29 is 14.3 Å². The molecule has 2 amide bonds. The summed E-state index contributed by atoms with van der Waals surface area (Å²) in [6, 6.07) is 13.8. The molecule has 2 aromatic rings. The number of benzene rings is 2. The van der Waals surface area contributed by atoms with E-state index < -0.39 is 0 Å². The molecule has 0 atom stereocenters. The van der Waals surface area contributed by atoms with Gasteiger partial charge in [-0.3, -0.25) is 9.59 Å². The van der Waals surface area contributed by atoms with Gasteiger partial charge in [-0.05, 0) is 48.5 Å². The Balaban J connectivity index is 2.01. The lowest BCUT2D eigenvalue weighted by molar-refractivity contribution is -0.115. The molecule has 0 aromatic heterocycles. The van der Waals surface area contributed by atoms with E-state index in [0.29, 0.717) is 23.4 Å². The van der Waals surface area contributed by atoms with E-state index in [2.05, 4.69) is 10.6 Å². The summed E-state index contributed by atoms with van der Waals surface area (Å²) < 4.78 is 5.07. The maximum atomic E-state index is 12.1. The molecule has 5 heteroatoms. The third-order valence-electron chi connectivity index (χ3n) is 3.10. The third-order valence-corrected chi connectivity index (χ3v) is 3.10. The van der Waals surface area contributed by atoms with Crippen molar-refractivity contribution in [2.75, 3.05) is 17.7 Å². The van der Waals surface area contributed by atoms with Crippen molar-refractivity contribution in [2.45, 2.75) is 13.3 Å². The van der Waals surface area contributed by atoms with Gasteiger partial charge in [0.1, 0.15) is 5.75 Å². The molecule has 0 aliphatic carbocycles. The van der Waals surface area contributed by atoms with Gasteiger partial charge >= 0.3 is 0 Å². The van der Waals surface area contributed by atoms with Gasteiger partial charge in [0.15, 0.2) is 0 Å². The monoisotopic (exact) mass is 298 g/mol. The van der Waals surface area contributed by atoms with Crippen molar-refractivity contribution in [2.24, 2.45) is 0 Å². The van der Waals surface area contributed by atoms with Crippen LogP contribution in [0.5, 0.6) is 5.75 Å². The van der Waals surface area contributed by atoms with Gasteiger partial charge in [0.25, 0.3) is 5.91 Å². The molecular weight excluding hydrogens is 280 g/mol. The Morgan fingerprint density at radius 1 is 0.909 bits per heavy atom.